The van der Waals surface area contributed by atoms with Crippen LogP contribution >= 0.6 is 23.2 Å². The summed E-state index contributed by atoms with van der Waals surface area (Å²) in [5, 5.41) is 6.85. The standard InChI is InChI=1S/C12H13ClN2O2.C7H9N.C6H5Cl.C2H6/c13-9-2-1-3-10(6-9)15-12(17)8-4-5-11(16)14-7-8;1-6-2-4-7(8)5-3-6;7-6-4-2-1-3-5-6;1-2/h1-3,6,8H,4-5,7H2,(H,14,16)(H,15,17);2-5H,8H2,1H3;1-5H;1-2H3. The van der Waals surface area contributed by atoms with Gasteiger partial charge in [0.2, 0.25) is 11.8 Å². The lowest BCUT2D eigenvalue weighted by molar-refractivity contribution is -0.126. The van der Waals surface area contributed by atoms with E-state index >= 15 is 0 Å². The first-order valence-corrected chi connectivity index (χ1v) is 11.9. The average Bonchev–Trinajstić information content (AvgIpc) is 2.84. The molecule has 0 aliphatic carbocycles. The largest absolute Gasteiger partial charge is 0.399 e. The zero-order chi connectivity index (χ0) is 25.3. The van der Waals surface area contributed by atoms with Gasteiger partial charge >= 0.3 is 0 Å². The van der Waals surface area contributed by atoms with E-state index in [1.165, 1.54) is 5.56 Å². The molecule has 0 radical (unpaired) electrons. The first kappa shape index (κ1) is 29.0. The Hall–Kier alpha value is -3.02. The number of anilines is 2. The molecule has 2 amide bonds. The van der Waals surface area contributed by atoms with Gasteiger partial charge in [0.1, 0.15) is 0 Å². The Morgan fingerprint density at radius 3 is 2.03 bits per heavy atom. The maximum Gasteiger partial charge on any atom is 0.229 e. The zero-order valence-electron chi connectivity index (χ0n) is 19.9. The molecule has 7 heteroatoms. The molecule has 3 aromatic carbocycles. The number of rotatable bonds is 2. The Labute approximate surface area is 212 Å². The number of piperidine rings is 1. The number of nitrogens with two attached hydrogens (primary N) is 1. The predicted molar refractivity (Wildman–Crippen MR) is 144 cm³/mol. The van der Waals surface area contributed by atoms with Gasteiger partial charge in [0.25, 0.3) is 0 Å². The molecule has 4 rings (SSSR count). The number of amides is 2. The number of hydrogen-bond acceptors (Lipinski definition) is 3. The molecule has 1 heterocycles. The minimum absolute atomic E-state index is 0.0109. The minimum Gasteiger partial charge on any atom is -0.399 e. The number of nitrogen functional groups attached to an aromatic ring is 1. The molecule has 182 valence electrons. The number of carbonyl (C=O) groups excluding carboxylic acids is 2. The SMILES string of the molecule is CC.Cc1ccc(N)cc1.Clc1ccccc1.O=C1CCC(C(=O)Nc2cccc(Cl)c2)CN1. The molecule has 1 aliphatic heterocycles. The topological polar surface area (TPSA) is 84.2 Å². The summed E-state index contributed by atoms with van der Waals surface area (Å²) in [6, 6.07) is 24.2. The molecule has 1 saturated heterocycles. The number of aryl methyl sites for hydroxylation is 1. The first-order chi connectivity index (χ1) is 16.3. The highest BCUT2D eigenvalue weighted by Gasteiger charge is 2.24. The highest BCUT2D eigenvalue weighted by molar-refractivity contribution is 6.31. The smallest absolute Gasteiger partial charge is 0.229 e. The van der Waals surface area contributed by atoms with Crippen molar-refractivity contribution in [3.05, 3.63) is 94.5 Å². The summed E-state index contributed by atoms with van der Waals surface area (Å²) in [6.45, 7) is 6.45. The van der Waals surface area contributed by atoms with Crippen LogP contribution < -0.4 is 16.4 Å². The van der Waals surface area contributed by atoms with Crippen LogP contribution in [0.15, 0.2) is 78.9 Å². The summed E-state index contributed by atoms with van der Waals surface area (Å²) < 4.78 is 0. The van der Waals surface area contributed by atoms with Crippen LogP contribution in [0.1, 0.15) is 32.3 Å². The summed E-state index contributed by atoms with van der Waals surface area (Å²) >= 11 is 11.4. The lowest BCUT2D eigenvalue weighted by Gasteiger charge is -2.21. The maximum absolute atomic E-state index is 11.9. The maximum atomic E-state index is 11.9. The second-order valence-electron chi connectivity index (χ2n) is 7.25. The predicted octanol–water partition coefficient (Wildman–Crippen LogP) is 6.75. The molecule has 1 unspecified atom stereocenters. The fraction of sp³-hybridized carbons (Fsp3) is 0.259. The molecule has 34 heavy (non-hydrogen) atoms. The van der Waals surface area contributed by atoms with Gasteiger partial charge in [-0.15, -0.1) is 0 Å². The number of hydrogen-bond donors (Lipinski definition) is 3. The van der Waals surface area contributed by atoms with Crippen LogP contribution in [0.2, 0.25) is 10.0 Å². The molecule has 0 saturated carbocycles. The van der Waals surface area contributed by atoms with Crippen LogP contribution in [-0.4, -0.2) is 18.4 Å². The van der Waals surface area contributed by atoms with Gasteiger partial charge in [-0.25, -0.2) is 0 Å². The highest BCUT2D eigenvalue weighted by Crippen LogP contribution is 2.18. The molecular formula is C27H33Cl2N3O2. The summed E-state index contributed by atoms with van der Waals surface area (Å²) in [5.41, 5.74) is 8.19. The zero-order valence-corrected chi connectivity index (χ0v) is 21.4. The van der Waals surface area contributed by atoms with E-state index in [-0.39, 0.29) is 17.7 Å². The van der Waals surface area contributed by atoms with Gasteiger partial charge in [0.05, 0.1) is 5.92 Å². The van der Waals surface area contributed by atoms with Gasteiger partial charge in [-0.2, -0.15) is 0 Å². The molecule has 5 nitrogen and oxygen atoms in total. The summed E-state index contributed by atoms with van der Waals surface area (Å²) in [4.78, 5) is 22.9. The van der Waals surface area contributed by atoms with E-state index in [4.69, 9.17) is 28.9 Å². The third-order valence-electron chi connectivity index (χ3n) is 4.54. The average molecular weight is 502 g/mol. The van der Waals surface area contributed by atoms with Crippen LogP contribution in [0.3, 0.4) is 0 Å². The van der Waals surface area contributed by atoms with E-state index in [2.05, 4.69) is 10.6 Å². The number of carbonyl (C=O) groups is 2. The van der Waals surface area contributed by atoms with E-state index in [9.17, 15) is 9.59 Å². The third kappa shape index (κ3) is 12.3. The number of benzene rings is 3. The van der Waals surface area contributed by atoms with Crippen molar-refractivity contribution in [2.45, 2.75) is 33.6 Å². The van der Waals surface area contributed by atoms with Crippen molar-refractivity contribution in [2.75, 3.05) is 17.6 Å². The van der Waals surface area contributed by atoms with Crippen molar-refractivity contribution in [3.8, 4) is 0 Å². The molecule has 1 fully saturated rings. The highest BCUT2D eigenvalue weighted by atomic mass is 35.5. The molecule has 1 aliphatic rings. The van der Waals surface area contributed by atoms with Crippen LogP contribution in [0, 0.1) is 12.8 Å². The normalized spacial score (nSPS) is 13.9. The van der Waals surface area contributed by atoms with Crippen LogP contribution in [0.4, 0.5) is 11.4 Å². The van der Waals surface area contributed by atoms with Gasteiger partial charge in [-0.05, 0) is 55.8 Å². The summed E-state index contributed by atoms with van der Waals surface area (Å²) in [6.07, 6.45) is 1.01. The molecule has 4 N–H and O–H groups in total. The van der Waals surface area contributed by atoms with Crippen molar-refractivity contribution in [3.63, 3.8) is 0 Å². The van der Waals surface area contributed by atoms with Crippen molar-refractivity contribution < 1.29 is 9.59 Å². The van der Waals surface area contributed by atoms with E-state index in [1.54, 1.807) is 24.3 Å². The fourth-order valence-corrected chi connectivity index (χ4v) is 3.08. The van der Waals surface area contributed by atoms with E-state index in [0.717, 1.165) is 10.7 Å². The van der Waals surface area contributed by atoms with Crippen molar-refractivity contribution in [1.29, 1.82) is 0 Å². The molecule has 0 bridgehead atoms. The van der Waals surface area contributed by atoms with E-state index < -0.39 is 0 Å². The Bertz CT molecular complexity index is 965. The van der Waals surface area contributed by atoms with E-state index in [0.29, 0.717) is 30.1 Å². The quantitative estimate of drug-likeness (QED) is 0.339. The third-order valence-corrected chi connectivity index (χ3v) is 5.03. The fourth-order valence-electron chi connectivity index (χ4n) is 2.75. The van der Waals surface area contributed by atoms with Crippen LogP contribution in [0.25, 0.3) is 0 Å². The molecule has 0 aromatic heterocycles. The number of halogens is 2. The minimum atomic E-state index is -0.160. The van der Waals surface area contributed by atoms with Crippen molar-refractivity contribution in [1.82, 2.24) is 5.32 Å². The van der Waals surface area contributed by atoms with Crippen molar-refractivity contribution in [2.24, 2.45) is 5.92 Å². The summed E-state index contributed by atoms with van der Waals surface area (Å²) in [7, 11) is 0. The number of nitrogens with one attached hydrogen (secondary N) is 2. The lowest BCUT2D eigenvalue weighted by atomic mass is 9.98. The molecular weight excluding hydrogens is 469 g/mol. The lowest BCUT2D eigenvalue weighted by Crippen LogP contribution is -2.40. The van der Waals surface area contributed by atoms with Gasteiger partial charge in [-0.1, -0.05) is 79.0 Å². The molecule has 0 spiro atoms. The first-order valence-electron chi connectivity index (χ1n) is 11.2. The van der Waals surface area contributed by atoms with Crippen LogP contribution in [0.5, 0.6) is 0 Å². The Balaban J connectivity index is 0.000000282. The van der Waals surface area contributed by atoms with Crippen molar-refractivity contribution >= 4 is 46.4 Å². The Morgan fingerprint density at radius 2 is 1.56 bits per heavy atom. The monoisotopic (exact) mass is 501 g/mol. The summed E-state index contributed by atoms with van der Waals surface area (Å²) in [5.74, 6) is -0.226. The van der Waals surface area contributed by atoms with Crippen LogP contribution in [-0.2, 0) is 9.59 Å². The van der Waals surface area contributed by atoms with Gasteiger partial charge < -0.3 is 16.4 Å². The second-order valence-corrected chi connectivity index (χ2v) is 8.12. The second kappa shape index (κ2) is 16.6. The molecule has 3 aromatic rings. The van der Waals surface area contributed by atoms with Gasteiger partial charge in [0.15, 0.2) is 0 Å². The van der Waals surface area contributed by atoms with Gasteiger partial charge in [0, 0.05) is 34.4 Å². The molecule has 1 atom stereocenters. The van der Waals surface area contributed by atoms with Gasteiger partial charge in [-0.3, -0.25) is 9.59 Å². The van der Waals surface area contributed by atoms with E-state index in [1.807, 2.05) is 75.4 Å². The Morgan fingerprint density at radius 1 is 0.941 bits per heavy atom. The Kier molecular flexibility index (Phi) is 14.1.